The summed E-state index contributed by atoms with van der Waals surface area (Å²) in [7, 11) is 0. The van der Waals surface area contributed by atoms with Crippen LogP contribution in [-0.2, 0) is 9.53 Å². The molecule has 1 aliphatic heterocycles. The van der Waals surface area contributed by atoms with Gasteiger partial charge in [-0.1, -0.05) is 24.3 Å². The van der Waals surface area contributed by atoms with Crippen molar-refractivity contribution in [3.8, 4) is 10.4 Å². The van der Waals surface area contributed by atoms with Gasteiger partial charge in [0.05, 0.1) is 0 Å². The van der Waals surface area contributed by atoms with Gasteiger partial charge in [0, 0.05) is 22.7 Å². The largest absolute Gasteiger partial charge is 0.368 e. The van der Waals surface area contributed by atoms with Gasteiger partial charge >= 0.3 is 0 Å². The fourth-order valence-corrected chi connectivity index (χ4v) is 3.00. The molecule has 0 spiro atoms. The molecule has 1 atom stereocenters. The molecule has 0 bridgehead atoms. The van der Waals surface area contributed by atoms with Gasteiger partial charge in [-0.3, -0.25) is 4.79 Å². The van der Waals surface area contributed by atoms with Crippen molar-refractivity contribution in [3.63, 3.8) is 0 Å². The maximum Gasteiger partial charge on any atom is 0.253 e. The Morgan fingerprint density at radius 1 is 1.26 bits per heavy atom. The maximum absolute atomic E-state index is 12.1. The number of para-hydroxylation sites is 1. The van der Waals surface area contributed by atoms with Gasteiger partial charge in [0.2, 0.25) is 0 Å². The van der Waals surface area contributed by atoms with Crippen molar-refractivity contribution >= 4 is 22.9 Å². The number of hydrogen-bond donors (Lipinski definition) is 1. The van der Waals surface area contributed by atoms with E-state index >= 15 is 0 Å². The second kappa shape index (κ2) is 5.55. The molecule has 1 aliphatic rings. The Balaban J connectivity index is 1.83. The van der Waals surface area contributed by atoms with Crippen molar-refractivity contribution in [1.82, 2.24) is 0 Å². The summed E-state index contributed by atoms with van der Waals surface area (Å²) in [6.07, 6.45) is 1.48. The molecule has 0 unspecified atom stereocenters. The lowest BCUT2D eigenvalue weighted by molar-refractivity contribution is -0.124. The van der Waals surface area contributed by atoms with Crippen LogP contribution in [0.3, 0.4) is 0 Å². The summed E-state index contributed by atoms with van der Waals surface area (Å²) in [5.41, 5.74) is 1.91. The van der Waals surface area contributed by atoms with E-state index in [1.54, 1.807) is 11.3 Å². The molecule has 1 N–H and O–H groups in total. The number of hydrogen-bond acceptors (Lipinski definition) is 3. The molecular weight excluding hydrogens is 258 g/mol. The predicted molar refractivity (Wildman–Crippen MR) is 77.4 cm³/mol. The number of rotatable bonds is 3. The van der Waals surface area contributed by atoms with Crippen LogP contribution in [0.4, 0.5) is 5.69 Å². The van der Waals surface area contributed by atoms with E-state index in [0.29, 0.717) is 6.61 Å². The van der Waals surface area contributed by atoms with Gasteiger partial charge in [0.25, 0.3) is 5.91 Å². The third-order valence-electron chi connectivity index (χ3n) is 3.19. The highest BCUT2D eigenvalue weighted by Crippen LogP contribution is 2.31. The number of carbonyl (C=O) groups excluding carboxylic acids is 1. The van der Waals surface area contributed by atoms with Crippen LogP contribution in [0.15, 0.2) is 41.8 Å². The Morgan fingerprint density at radius 3 is 2.89 bits per heavy atom. The minimum atomic E-state index is -0.295. The first-order chi connectivity index (χ1) is 9.34. The number of carbonyl (C=O) groups is 1. The fraction of sp³-hybridized carbons (Fsp3) is 0.267. The second-order valence-electron chi connectivity index (χ2n) is 4.51. The molecule has 3 nitrogen and oxygen atoms in total. The van der Waals surface area contributed by atoms with E-state index in [-0.39, 0.29) is 12.0 Å². The number of amides is 1. The first-order valence-electron chi connectivity index (χ1n) is 6.40. The topological polar surface area (TPSA) is 38.3 Å². The molecule has 0 saturated carbocycles. The number of thiophene rings is 1. The molecule has 2 heterocycles. The van der Waals surface area contributed by atoms with E-state index in [9.17, 15) is 4.79 Å². The van der Waals surface area contributed by atoms with Crippen LogP contribution >= 0.6 is 11.3 Å². The standard InChI is InChI=1S/C15H15NO2S/c17-15(13-7-3-9-18-13)16-12-6-2-1-5-11(12)14-8-4-10-19-14/h1-2,4-6,8,10,13H,3,7,9H2,(H,16,17)/t13-/m1/s1. The zero-order valence-corrected chi connectivity index (χ0v) is 11.3. The van der Waals surface area contributed by atoms with Crippen molar-refractivity contribution < 1.29 is 9.53 Å². The average molecular weight is 273 g/mol. The zero-order valence-electron chi connectivity index (χ0n) is 10.5. The van der Waals surface area contributed by atoms with Crippen molar-refractivity contribution in [1.29, 1.82) is 0 Å². The summed E-state index contributed by atoms with van der Waals surface area (Å²) in [5.74, 6) is -0.0403. The lowest BCUT2D eigenvalue weighted by Gasteiger charge is -2.13. The number of ether oxygens (including phenoxy) is 1. The van der Waals surface area contributed by atoms with E-state index in [0.717, 1.165) is 29.0 Å². The summed E-state index contributed by atoms with van der Waals surface area (Å²) in [5, 5.41) is 5.02. The zero-order chi connectivity index (χ0) is 13.1. The molecule has 2 aromatic rings. The first kappa shape index (κ1) is 12.4. The predicted octanol–water partition coefficient (Wildman–Crippen LogP) is 3.53. The molecule has 1 fully saturated rings. The summed E-state index contributed by atoms with van der Waals surface area (Å²) in [6.45, 7) is 0.685. The van der Waals surface area contributed by atoms with Crippen LogP contribution in [0.5, 0.6) is 0 Å². The highest BCUT2D eigenvalue weighted by molar-refractivity contribution is 7.13. The van der Waals surface area contributed by atoms with Crippen molar-refractivity contribution in [2.45, 2.75) is 18.9 Å². The maximum atomic E-state index is 12.1. The molecule has 1 saturated heterocycles. The number of benzene rings is 1. The molecular formula is C15H15NO2S. The third-order valence-corrected chi connectivity index (χ3v) is 4.10. The SMILES string of the molecule is O=C(Nc1ccccc1-c1cccs1)[C@H]1CCCO1. The minimum absolute atomic E-state index is 0.0403. The minimum Gasteiger partial charge on any atom is -0.368 e. The lowest BCUT2D eigenvalue weighted by Crippen LogP contribution is -2.27. The molecule has 1 amide bonds. The molecule has 98 valence electrons. The highest BCUT2D eigenvalue weighted by atomic mass is 32.1. The van der Waals surface area contributed by atoms with Crippen LogP contribution < -0.4 is 5.32 Å². The van der Waals surface area contributed by atoms with Crippen molar-refractivity contribution in [3.05, 3.63) is 41.8 Å². The molecule has 19 heavy (non-hydrogen) atoms. The quantitative estimate of drug-likeness (QED) is 0.929. The van der Waals surface area contributed by atoms with E-state index in [1.165, 1.54) is 0 Å². The lowest BCUT2D eigenvalue weighted by atomic mass is 10.1. The van der Waals surface area contributed by atoms with E-state index in [4.69, 9.17) is 4.74 Å². The van der Waals surface area contributed by atoms with E-state index in [2.05, 4.69) is 11.4 Å². The monoisotopic (exact) mass is 273 g/mol. The van der Waals surface area contributed by atoms with Gasteiger partial charge in [0.1, 0.15) is 6.10 Å². The van der Waals surface area contributed by atoms with E-state index in [1.807, 2.05) is 35.7 Å². The summed E-state index contributed by atoms with van der Waals surface area (Å²) in [6, 6.07) is 11.9. The summed E-state index contributed by atoms with van der Waals surface area (Å²) in [4.78, 5) is 13.3. The first-order valence-corrected chi connectivity index (χ1v) is 7.28. The van der Waals surface area contributed by atoms with Gasteiger partial charge in [-0.15, -0.1) is 11.3 Å². The molecule has 4 heteroatoms. The smallest absolute Gasteiger partial charge is 0.253 e. The molecule has 3 rings (SSSR count). The van der Waals surface area contributed by atoms with Crippen LogP contribution in [0.25, 0.3) is 10.4 Å². The van der Waals surface area contributed by atoms with Gasteiger partial charge in [0.15, 0.2) is 0 Å². The van der Waals surface area contributed by atoms with Crippen LogP contribution in [-0.4, -0.2) is 18.6 Å². The van der Waals surface area contributed by atoms with Crippen LogP contribution in [0, 0.1) is 0 Å². The molecule has 0 aliphatic carbocycles. The van der Waals surface area contributed by atoms with Gasteiger partial charge in [-0.25, -0.2) is 0 Å². The second-order valence-corrected chi connectivity index (χ2v) is 5.46. The summed E-state index contributed by atoms with van der Waals surface area (Å²) >= 11 is 1.67. The Bertz CT molecular complexity index is 559. The van der Waals surface area contributed by atoms with Crippen LogP contribution in [0.2, 0.25) is 0 Å². The van der Waals surface area contributed by atoms with Gasteiger partial charge < -0.3 is 10.1 Å². The van der Waals surface area contributed by atoms with Crippen molar-refractivity contribution in [2.75, 3.05) is 11.9 Å². The fourth-order valence-electron chi connectivity index (χ4n) is 2.24. The molecule has 0 radical (unpaired) electrons. The van der Waals surface area contributed by atoms with Gasteiger partial charge in [-0.05, 0) is 30.4 Å². The Labute approximate surface area is 116 Å². The average Bonchev–Trinajstić information content (AvgIpc) is 3.13. The Hall–Kier alpha value is -1.65. The highest BCUT2D eigenvalue weighted by Gasteiger charge is 2.24. The van der Waals surface area contributed by atoms with E-state index < -0.39 is 0 Å². The number of anilines is 1. The van der Waals surface area contributed by atoms with Gasteiger partial charge in [-0.2, -0.15) is 0 Å². The normalized spacial score (nSPS) is 18.4. The molecule has 1 aromatic carbocycles. The molecule has 1 aromatic heterocycles. The Morgan fingerprint density at radius 2 is 2.16 bits per heavy atom. The van der Waals surface area contributed by atoms with Crippen molar-refractivity contribution in [2.24, 2.45) is 0 Å². The third kappa shape index (κ3) is 2.69. The summed E-state index contributed by atoms with van der Waals surface area (Å²) < 4.78 is 5.41. The number of nitrogens with one attached hydrogen (secondary N) is 1. The van der Waals surface area contributed by atoms with Crippen LogP contribution in [0.1, 0.15) is 12.8 Å². The Kier molecular flexibility index (Phi) is 3.62.